The first-order valence-corrected chi connectivity index (χ1v) is 8.97. The summed E-state index contributed by atoms with van der Waals surface area (Å²) in [5.74, 6) is -1.02. The van der Waals surface area contributed by atoms with E-state index in [2.05, 4.69) is 0 Å². The number of nitrogens with zero attached hydrogens (tertiary/aromatic N) is 2. The summed E-state index contributed by atoms with van der Waals surface area (Å²) in [4.78, 5) is 39.1. The number of hydrogen-bond acceptors (Lipinski definition) is 6. The third-order valence-electron chi connectivity index (χ3n) is 4.57. The van der Waals surface area contributed by atoms with Gasteiger partial charge in [-0.1, -0.05) is 6.92 Å². The van der Waals surface area contributed by atoms with Gasteiger partial charge in [-0.15, -0.1) is 0 Å². The number of carboxylic acids is 1. The van der Waals surface area contributed by atoms with E-state index in [4.69, 9.17) is 19.3 Å². The number of carboxylic acid groups (broad SMARTS) is 1. The van der Waals surface area contributed by atoms with E-state index in [1.165, 1.54) is 31.1 Å². The molecule has 28 heavy (non-hydrogen) atoms. The highest BCUT2D eigenvalue weighted by Gasteiger charge is 2.38. The minimum absolute atomic E-state index is 0.0231. The molecule has 1 N–H and O–H groups in total. The number of carbonyl (C=O) groups is 3. The molecule has 0 spiro atoms. The van der Waals surface area contributed by atoms with Crippen molar-refractivity contribution in [3.63, 3.8) is 0 Å². The maximum absolute atomic E-state index is 12.8. The molecule has 154 valence electrons. The second-order valence-electron chi connectivity index (χ2n) is 6.44. The first kappa shape index (κ1) is 21.3. The number of methoxy groups -OCH3 is 3. The molecule has 1 fully saturated rings. The Morgan fingerprint density at radius 1 is 1.18 bits per heavy atom. The fourth-order valence-corrected chi connectivity index (χ4v) is 3.30. The van der Waals surface area contributed by atoms with E-state index in [9.17, 15) is 14.4 Å². The number of amides is 2. The summed E-state index contributed by atoms with van der Waals surface area (Å²) in [6.45, 7) is 1.99. The molecule has 1 aromatic rings. The fourth-order valence-electron chi connectivity index (χ4n) is 3.30. The Hall–Kier alpha value is -2.97. The Morgan fingerprint density at radius 3 is 2.25 bits per heavy atom. The lowest BCUT2D eigenvalue weighted by Crippen LogP contribution is -2.41. The molecule has 1 unspecified atom stereocenters. The van der Waals surface area contributed by atoms with Gasteiger partial charge in [-0.05, 0) is 6.42 Å². The van der Waals surface area contributed by atoms with Crippen molar-refractivity contribution in [2.24, 2.45) is 5.92 Å². The van der Waals surface area contributed by atoms with Crippen molar-refractivity contribution in [3.8, 4) is 17.2 Å². The van der Waals surface area contributed by atoms with Gasteiger partial charge in [0.15, 0.2) is 11.5 Å². The average Bonchev–Trinajstić information content (AvgIpc) is 3.07. The predicted molar refractivity (Wildman–Crippen MR) is 101 cm³/mol. The Bertz CT molecular complexity index is 725. The number of carbonyl (C=O) groups excluding carboxylic acids is 2. The highest BCUT2D eigenvalue weighted by molar-refractivity contribution is 6.01. The number of ether oxygens (including phenoxy) is 3. The van der Waals surface area contributed by atoms with Crippen LogP contribution >= 0.6 is 0 Å². The molecule has 0 radical (unpaired) electrons. The van der Waals surface area contributed by atoms with Crippen LogP contribution in [-0.2, 0) is 14.4 Å². The van der Waals surface area contributed by atoms with Crippen LogP contribution in [0.15, 0.2) is 12.1 Å². The molecular weight excluding hydrogens is 368 g/mol. The van der Waals surface area contributed by atoms with Crippen LogP contribution in [0, 0.1) is 5.92 Å². The van der Waals surface area contributed by atoms with Crippen LogP contribution < -0.4 is 19.1 Å². The lowest BCUT2D eigenvalue weighted by Gasteiger charge is -2.24. The first-order chi connectivity index (χ1) is 13.4. The standard InChI is InChI=1S/C19H26N2O7/c1-5-6-20(11-17(23)24)19(25)12-7-16(22)21(10-12)13-8-14(26-2)18(28-4)15(9-13)27-3/h8-9,12H,5-7,10-11H2,1-4H3,(H,23,24). The molecule has 2 amide bonds. The average molecular weight is 394 g/mol. The first-order valence-electron chi connectivity index (χ1n) is 8.97. The molecule has 1 aromatic carbocycles. The van der Waals surface area contributed by atoms with E-state index in [1.807, 2.05) is 6.92 Å². The predicted octanol–water partition coefficient (Wildman–Crippen LogP) is 1.39. The SMILES string of the molecule is CCCN(CC(=O)O)C(=O)C1CC(=O)N(c2cc(OC)c(OC)c(OC)c2)C1. The van der Waals surface area contributed by atoms with Gasteiger partial charge in [-0.2, -0.15) is 0 Å². The number of hydrogen-bond donors (Lipinski definition) is 1. The van der Waals surface area contributed by atoms with Crippen molar-refractivity contribution in [2.45, 2.75) is 19.8 Å². The van der Waals surface area contributed by atoms with Gasteiger partial charge in [0.2, 0.25) is 17.6 Å². The van der Waals surface area contributed by atoms with E-state index in [-0.39, 0.29) is 31.3 Å². The van der Waals surface area contributed by atoms with Gasteiger partial charge in [-0.3, -0.25) is 14.4 Å². The summed E-state index contributed by atoms with van der Waals surface area (Å²) in [6, 6.07) is 3.29. The summed E-state index contributed by atoms with van der Waals surface area (Å²) >= 11 is 0. The van der Waals surface area contributed by atoms with Gasteiger partial charge in [0.1, 0.15) is 6.54 Å². The zero-order valence-corrected chi connectivity index (χ0v) is 16.6. The molecule has 0 bridgehead atoms. The number of anilines is 1. The van der Waals surface area contributed by atoms with Crippen LogP contribution in [0.1, 0.15) is 19.8 Å². The molecule has 9 heteroatoms. The minimum Gasteiger partial charge on any atom is -0.493 e. The largest absolute Gasteiger partial charge is 0.493 e. The van der Waals surface area contributed by atoms with Crippen LogP contribution in [0.2, 0.25) is 0 Å². The topological polar surface area (TPSA) is 106 Å². The zero-order valence-electron chi connectivity index (χ0n) is 16.6. The van der Waals surface area contributed by atoms with Crippen LogP contribution in [-0.4, -0.2) is 68.8 Å². The second kappa shape index (κ2) is 9.29. The number of benzene rings is 1. The van der Waals surface area contributed by atoms with E-state index in [0.717, 1.165) is 0 Å². The van der Waals surface area contributed by atoms with Crippen molar-refractivity contribution >= 4 is 23.5 Å². The zero-order chi connectivity index (χ0) is 20.8. The minimum atomic E-state index is -1.08. The molecule has 1 aliphatic heterocycles. The molecule has 0 aliphatic carbocycles. The molecular formula is C19H26N2O7. The summed E-state index contributed by atoms with van der Waals surface area (Å²) in [6.07, 6.45) is 0.658. The summed E-state index contributed by atoms with van der Waals surface area (Å²) < 4.78 is 15.9. The Balaban J connectivity index is 2.27. The van der Waals surface area contributed by atoms with Crippen LogP contribution in [0.5, 0.6) is 17.2 Å². The fraction of sp³-hybridized carbons (Fsp3) is 0.526. The van der Waals surface area contributed by atoms with Crippen LogP contribution in [0.25, 0.3) is 0 Å². The van der Waals surface area contributed by atoms with Gasteiger partial charge in [0.05, 0.1) is 32.9 Å². The van der Waals surface area contributed by atoms with Crippen molar-refractivity contribution in [3.05, 3.63) is 12.1 Å². The molecule has 1 aliphatic rings. The van der Waals surface area contributed by atoms with Gasteiger partial charge in [0.25, 0.3) is 0 Å². The van der Waals surface area contributed by atoms with Gasteiger partial charge in [-0.25, -0.2) is 0 Å². The smallest absolute Gasteiger partial charge is 0.323 e. The third kappa shape index (κ3) is 4.47. The van der Waals surface area contributed by atoms with Crippen molar-refractivity contribution in [1.82, 2.24) is 4.90 Å². The maximum atomic E-state index is 12.8. The lowest BCUT2D eigenvalue weighted by molar-refractivity contribution is -0.146. The number of rotatable bonds is 9. The second-order valence-corrected chi connectivity index (χ2v) is 6.44. The highest BCUT2D eigenvalue weighted by atomic mass is 16.5. The van der Waals surface area contributed by atoms with E-state index in [1.54, 1.807) is 12.1 Å². The summed E-state index contributed by atoms with van der Waals surface area (Å²) in [5, 5.41) is 9.04. The van der Waals surface area contributed by atoms with E-state index >= 15 is 0 Å². The quantitative estimate of drug-likeness (QED) is 0.675. The molecule has 0 saturated carbocycles. The molecule has 1 saturated heterocycles. The Labute approximate surface area is 163 Å². The summed E-state index contributed by atoms with van der Waals surface area (Å²) in [7, 11) is 4.45. The van der Waals surface area contributed by atoms with Crippen molar-refractivity contribution in [2.75, 3.05) is 45.9 Å². The van der Waals surface area contributed by atoms with Crippen molar-refractivity contribution in [1.29, 1.82) is 0 Å². The van der Waals surface area contributed by atoms with Crippen LogP contribution in [0.4, 0.5) is 5.69 Å². The highest BCUT2D eigenvalue weighted by Crippen LogP contribution is 2.42. The molecule has 1 atom stereocenters. The lowest BCUT2D eigenvalue weighted by atomic mass is 10.1. The summed E-state index contributed by atoms with van der Waals surface area (Å²) in [5.41, 5.74) is 0.523. The molecule has 2 rings (SSSR count). The van der Waals surface area contributed by atoms with E-state index < -0.39 is 11.9 Å². The Kier molecular flexibility index (Phi) is 7.08. The van der Waals surface area contributed by atoms with Gasteiger partial charge < -0.3 is 29.1 Å². The molecule has 0 aromatic heterocycles. The Morgan fingerprint density at radius 2 is 1.79 bits per heavy atom. The normalized spacial score (nSPS) is 16.1. The number of aliphatic carboxylic acids is 1. The van der Waals surface area contributed by atoms with Gasteiger partial charge >= 0.3 is 5.97 Å². The van der Waals surface area contributed by atoms with E-state index in [0.29, 0.717) is 35.9 Å². The molecule has 9 nitrogen and oxygen atoms in total. The maximum Gasteiger partial charge on any atom is 0.323 e. The monoisotopic (exact) mass is 394 g/mol. The van der Waals surface area contributed by atoms with Crippen molar-refractivity contribution < 1.29 is 33.7 Å². The van der Waals surface area contributed by atoms with Crippen LogP contribution in [0.3, 0.4) is 0 Å². The van der Waals surface area contributed by atoms with Gasteiger partial charge in [0, 0.05) is 31.6 Å². The third-order valence-corrected chi connectivity index (χ3v) is 4.57. The molecule has 1 heterocycles.